The quantitative estimate of drug-likeness (QED) is 0.144. The topological polar surface area (TPSA) is 6.48 Å². The lowest BCUT2D eigenvalue weighted by molar-refractivity contribution is 1.22. The van der Waals surface area contributed by atoms with Gasteiger partial charge in [0.05, 0.1) is 11.4 Å². The van der Waals surface area contributed by atoms with Crippen LogP contribution in [0.2, 0.25) is 0 Å². The first-order chi connectivity index (χ1) is 30.4. The number of anilines is 6. The molecular weight excluding hydrogens is 749 g/mol. The first-order valence-corrected chi connectivity index (χ1v) is 21.5. The lowest BCUT2D eigenvalue weighted by atomic mass is 9.94. The van der Waals surface area contributed by atoms with Gasteiger partial charge in [0.25, 0.3) is 0 Å². The Morgan fingerprint density at radius 3 is 1.03 bits per heavy atom. The van der Waals surface area contributed by atoms with E-state index in [2.05, 4.69) is 256 Å². The molecule has 0 amide bonds. The summed E-state index contributed by atoms with van der Waals surface area (Å²) in [4.78, 5) is 4.89. The number of hydrogen-bond acceptors (Lipinski definition) is 2. The van der Waals surface area contributed by atoms with E-state index in [0.717, 1.165) is 22.7 Å². The fourth-order valence-electron chi connectivity index (χ4n) is 9.19. The molecule has 0 N–H and O–H groups in total. The zero-order chi connectivity index (χ0) is 42.2. The van der Waals surface area contributed by atoms with E-state index in [4.69, 9.17) is 0 Å². The Hall–Kier alpha value is -7.68. The molecule has 10 aromatic carbocycles. The third-order valence-electron chi connectivity index (χ3n) is 12.3. The van der Waals surface area contributed by atoms with Crippen molar-refractivity contribution in [1.29, 1.82) is 0 Å². The molecule has 10 rings (SSSR count). The van der Waals surface area contributed by atoms with Gasteiger partial charge in [-0.1, -0.05) is 158 Å². The molecule has 0 saturated heterocycles. The van der Waals surface area contributed by atoms with Gasteiger partial charge in [0, 0.05) is 33.9 Å². The molecule has 0 bridgehead atoms. The van der Waals surface area contributed by atoms with Crippen molar-refractivity contribution in [2.45, 2.75) is 27.7 Å². The third kappa shape index (κ3) is 7.20. The molecule has 10 aromatic rings. The normalized spacial score (nSPS) is 11.2. The SMILES string of the molecule is Cc1cc(-c2ccc(N(c3ccccc3)c3c(C)cccc3-c3ccc4ccccc4c3)c(C)c2)ccc1N(c1ccccc1)c1c(C)cccc1-c1ccc2ccccc2c1. The van der Waals surface area contributed by atoms with E-state index in [0.29, 0.717) is 0 Å². The molecule has 0 fully saturated rings. The van der Waals surface area contributed by atoms with E-state index >= 15 is 0 Å². The predicted molar refractivity (Wildman–Crippen MR) is 266 cm³/mol. The summed E-state index contributed by atoms with van der Waals surface area (Å²) in [5.41, 5.74) is 18.9. The average Bonchev–Trinajstić information content (AvgIpc) is 3.31. The van der Waals surface area contributed by atoms with Crippen LogP contribution in [0.25, 0.3) is 54.9 Å². The van der Waals surface area contributed by atoms with Gasteiger partial charge in [0.1, 0.15) is 0 Å². The van der Waals surface area contributed by atoms with Crippen LogP contribution in [0.15, 0.2) is 218 Å². The van der Waals surface area contributed by atoms with Crippen molar-refractivity contribution >= 4 is 55.7 Å². The van der Waals surface area contributed by atoms with E-state index in [1.54, 1.807) is 0 Å². The Morgan fingerprint density at radius 2 is 0.629 bits per heavy atom. The van der Waals surface area contributed by atoms with Gasteiger partial charge in [0.15, 0.2) is 0 Å². The summed E-state index contributed by atoms with van der Waals surface area (Å²) in [5, 5.41) is 4.96. The second-order valence-electron chi connectivity index (χ2n) is 16.4. The van der Waals surface area contributed by atoms with Gasteiger partial charge in [-0.3, -0.25) is 0 Å². The van der Waals surface area contributed by atoms with Crippen LogP contribution >= 0.6 is 0 Å². The highest BCUT2D eigenvalue weighted by Crippen LogP contribution is 2.47. The minimum absolute atomic E-state index is 1.13. The highest BCUT2D eigenvalue weighted by Gasteiger charge is 2.23. The standard InChI is InChI=1S/C60H48N2/c1-41-17-15-27-55(51-31-29-45-19-11-13-21-47(45)39-51)59(41)61(53-23-7-5-8-24-53)57-35-33-49(37-43(57)3)50-34-36-58(44(4)38-50)62(54-25-9-6-10-26-54)60-42(2)18-16-28-56(60)52-32-30-46-20-12-14-22-48(46)40-52/h5-40H,1-4H3. The first-order valence-electron chi connectivity index (χ1n) is 21.5. The molecule has 0 saturated carbocycles. The van der Waals surface area contributed by atoms with E-state index in [9.17, 15) is 0 Å². The molecule has 0 spiro atoms. The Labute approximate surface area is 365 Å². The molecule has 62 heavy (non-hydrogen) atoms. The van der Waals surface area contributed by atoms with Gasteiger partial charge < -0.3 is 9.80 Å². The Bertz CT molecular complexity index is 3020. The van der Waals surface area contributed by atoms with Crippen LogP contribution in [0.4, 0.5) is 34.1 Å². The summed E-state index contributed by atoms with van der Waals surface area (Å²) < 4.78 is 0. The van der Waals surface area contributed by atoms with E-state index in [-0.39, 0.29) is 0 Å². The maximum Gasteiger partial charge on any atom is 0.0569 e. The molecule has 0 atom stereocenters. The molecule has 0 heterocycles. The molecule has 2 nitrogen and oxygen atoms in total. The molecule has 0 unspecified atom stereocenters. The lowest BCUT2D eigenvalue weighted by Gasteiger charge is -2.31. The zero-order valence-corrected chi connectivity index (χ0v) is 35.7. The molecule has 2 heteroatoms. The predicted octanol–water partition coefficient (Wildman–Crippen LogP) is 17.2. The summed E-state index contributed by atoms with van der Waals surface area (Å²) in [5.74, 6) is 0. The van der Waals surface area contributed by atoms with Crippen molar-refractivity contribution in [3.8, 4) is 33.4 Å². The summed E-state index contributed by atoms with van der Waals surface area (Å²) in [7, 11) is 0. The minimum Gasteiger partial charge on any atom is -0.309 e. The van der Waals surface area contributed by atoms with Crippen LogP contribution < -0.4 is 9.80 Å². The van der Waals surface area contributed by atoms with Crippen molar-refractivity contribution in [3.05, 3.63) is 241 Å². The van der Waals surface area contributed by atoms with Crippen molar-refractivity contribution in [3.63, 3.8) is 0 Å². The molecule has 0 aliphatic heterocycles. The highest BCUT2D eigenvalue weighted by atomic mass is 15.2. The molecule has 0 aliphatic carbocycles. The van der Waals surface area contributed by atoms with Crippen LogP contribution in [-0.4, -0.2) is 0 Å². The van der Waals surface area contributed by atoms with Gasteiger partial charge in [0.2, 0.25) is 0 Å². The van der Waals surface area contributed by atoms with E-state index < -0.39 is 0 Å². The second-order valence-corrected chi connectivity index (χ2v) is 16.4. The van der Waals surface area contributed by atoms with Crippen molar-refractivity contribution in [1.82, 2.24) is 0 Å². The summed E-state index contributed by atoms with van der Waals surface area (Å²) in [6, 6.07) is 79.6. The maximum absolute atomic E-state index is 2.44. The van der Waals surface area contributed by atoms with Crippen LogP contribution in [0, 0.1) is 27.7 Å². The fourth-order valence-corrected chi connectivity index (χ4v) is 9.19. The molecule has 0 aliphatic rings. The molecule has 298 valence electrons. The fraction of sp³-hybridized carbons (Fsp3) is 0.0667. The zero-order valence-electron chi connectivity index (χ0n) is 35.7. The summed E-state index contributed by atoms with van der Waals surface area (Å²) in [6.45, 7) is 8.94. The minimum atomic E-state index is 1.13. The van der Waals surface area contributed by atoms with Gasteiger partial charge in [-0.05, 0) is 154 Å². The summed E-state index contributed by atoms with van der Waals surface area (Å²) >= 11 is 0. The van der Waals surface area contributed by atoms with Crippen molar-refractivity contribution in [2.75, 3.05) is 9.80 Å². The molecular formula is C60H48N2. The monoisotopic (exact) mass is 796 g/mol. The number of fused-ring (bicyclic) bond motifs is 2. The average molecular weight is 797 g/mol. The number of benzene rings is 10. The van der Waals surface area contributed by atoms with Gasteiger partial charge in [-0.25, -0.2) is 0 Å². The number of hydrogen-bond donors (Lipinski definition) is 0. The van der Waals surface area contributed by atoms with E-state index in [1.165, 1.54) is 88.6 Å². The number of rotatable bonds is 9. The number of nitrogens with zero attached hydrogens (tertiary/aromatic N) is 2. The first kappa shape index (κ1) is 38.5. The van der Waals surface area contributed by atoms with Crippen LogP contribution in [0.1, 0.15) is 22.3 Å². The number of para-hydroxylation sites is 4. The Balaban J connectivity index is 1.06. The van der Waals surface area contributed by atoms with Gasteiger partial charge in [-0.2, -0.15) is 0 Å². The van der Waals surface area contributed by atoms with Gasteiger partial charge in [-0.15, -0.1) is 0 Å². The van der Waals surface area contributed by atoms with Crippen molar-refractivity contribution < 1.29 is 0 Å². The maximum atomic E-state index is 2.44. The second kappa shape index (κ2) is 16.4. The third-order valence-corrected chi connectivity index (χ3v) is 12.3. The Morgan fingerprint density at radius 1 is 0.258 bits per heavy atom. The molecule has 0 aromatic heterocycles. The van der Waals surface area contributed by atoms with Crippen LogP contribution in [0.3, 0.4) is 0 Å². The molecule has 0 radical (unpaired) electrons. The smallest absolute Gasteiger partial charge is 0.0569 e. The van der Waals surface area contributed by atoms with Crippen molar-refractivity contribution in [2.24, 2.45) is 0 Å². The lowest BCUT2D eigenvalue weighted by Crippen LogP contribution is -2.14. The highest BCUT2D eigenvalue weighted by molar-refractivity contribution is 5.97. The largest absolute Gasteiger partial charge is 0.309 e. The number of aryl methyl sites for hydroxylation is 4. The van der Waals surface area contributed by atoms with Crippen LogP contribution in [0.5, 0.6) is 0 Å². The summed E-state index contributed by atoms with van der Waals surface area (Å²) in [6.07, 6.45) is 0. The van der Waals surface area contributed by atoms with Gasteiger partial charge >= 0.3 is 0 Å². The van der Waals surface area contributed by atoms with Crippen LogP contribution in [-0.2, 0) is 0 Å². The van der Waals surface area contributed by atoms with E-state index in [1.807, 2.05) is 0 Å². The Kier molecular flexibility index (Phi) is 10.2.